The summed E-state index contributed by atoms with van der Waals surface area (Å²) in [6.07, 6.45) is 5.68. The first-order chi connectivity index (χ1) is 13.8. The van der Waals surface area contributed by atoms with Gasteiger partial charge in [0.15, 0.2) is 0 Å². The highest BCUT2D eigenvalue weighted by atomic mass is 15.4. The fourth-order valence-corrected chi connectivity index (χ4v) is 2.94. The van der Waals surface area contributed by atoms with Gasteiger partial charge in [-0.1, -0.05) is 56.3 Å². The number of hydrogen-bond donors (Lipinski definition) is 1. The highest BCUT2D eigenvalue weighted by molar-refractivity contribution is 5.80. The average molecular weight is 374 g/mol. The number of nitrogens with zero attached hydrogens (tertiary/aromatic N) is 5. The molecule has 0 aliphatic carbocycles. The molecule has 3 rings (SSSR count). The van der Waals surface area contributed by atoms with Gasteiger partial charge < -0.3 is 4.90 Å². The van der Waals surface area contributed by atoms with Crippen molar-refractivity contribution in [3.63, 3.8) is 0 Å². The summed E-state index contributed by atoms with van der Waals surface area (Å²) in [7, 11) is 0. The molecule has 2 aromatic carbocycles. The van der Waals surface area contributed by atoms with Crippen molar-refractivity contribution < 1.29 is 0 Å². The van der Waals surface area contributed by atoms with Crippen LogP contribution in [-0.2, 0) is 0 Å². The minimum absolute atomic E-state index is 0.367. The second kappa shape index (κ2) is 10.2. The van der Waals surface area contributed by atoms with E-state index in [0.717, 1.165) is 42.8 Å². The summed E-state index contributed by atoms with van der Waals surface area (Å²) in [5, 5.41) is 12.2. The van der Waals surface area contributed by atoms with Gasteiger partial charge in [0.05, 0.1) is 18.1 Å². The van der Waals surface area contributed by atoms with Crippen LogP contribution in [0.5, 0.6) is 0 Å². The van der Waals surface area contributed by atoms with Crippen LogP contribution in [0.4, 0.5) is 11.6 Å². The monoisotopic (exact) mass is 374 g/mol. The van der Waals surface area contributed by atoms with Gasteiger partial charge in [-0.15, -0.1) is 5.10 Å². The van der Waals surface area contributed by atoms with Gasteiger partial charge in [-0.05, 0) is 30.5 Å². The lowest BCUT2D eigenvalue weighted by Crippen LogP contribution is -2.24. The van der Waals surface area contributed by atoms with Gasteiger partial charge in [0, 0.05) is 24.3 Å². The van der Waals surface area contributed by atoms with Gasteiger partial charge in [0.25, 0.3) is 5.95 Å². The molecule has 3 aromatic rings. The van der Waals surface area contributed by atoms with Gasteiger partial charge >= 0.3 is 0 Å². The number of hydrazone groups is 1. The first-order valence-corrected chi connectivity index (χ1v) is 9.69. The summed E-state index contributed by atoms with van der Waals surface area (Å²) in [5.41, 5.74) is 6.86. The van der Waals surface area contributed by atoms with Crippen molar-refractivity contribution in [3.05, 3.63) is 66.4 Å². The number of benzene rings is 2. The van der Waals surface area contributed by atoms with Crippen molar-refractivity contribution in [1.29, 1.82) is 0 Å². The Bertz CT molecular complexity index is 871. The molecule has 6 heteroatoms. The molecule has 0 saturated heterocycles. The van der Waals surface area contributed by atoms with Gasteiger partial charge in [-0.3, -0.25) is 0 Å². The van der Waals surface area contributed by atoms with E-state index in [1.807, 2.05) is 30.3 Å². The number of hydrogen-bond acceptors (Lipinski definition) is 6. The smallest absolute Gasteiger partial charge is 0.263 e. The van der Waals surface area contributed by atoms with Crippen LogP contribution in [0.1, 0.15) is 32.3 Å². The van der Waals surface area contributed by atoms with Gasteiger partial charge in [-0.2, -0.15) is 10.2 Å². The van der Waals surface area contributed by atoms with Crippen molar-refractivity contribution in [1.82, 2.24) is 15.2 Å². The molecule has 0 saturated carbocycles. The zero-order valence-corrected chi connectivity index (χ0v) is 16.4. The number of nitrogens with one attached hydrogen (secondary N) is 1. The van der Waals surface area contributed by atoms with E-state index >= 15 is 0 Å². The number of rotatable bonds is 9. The Hall–Kier alpha value is -3.28. The van der Waals surface area contributed by atoms with Crippen LogP contribution in [0.15, 0.2) is 65.9 Å². The van der Waals surface area contributed by atoms with Crippen LogP contribution in [0.25, 0.3) is 11.3 Å². The predicted molar refractivity (Wildman–Crippen MR) is 116 cm³/mol. The minimum Gasteiger partial charge on any atom is -0.372 e. The third-order valence-corrected chi connectivity index (χ3v) is 4.25. The molecule has 0 aliphatic heterocycles. The molecule has 1 heterocycles. The van der Waals surface area contributed by atoms with Gasteiger partial charge in [-0.25, -0.2) is 10.4 Å². The predicted octanol–water partition coefficient (Wildman–Crippen LogP) is 4.61. The fourth-order valence-electron chi connectivity index (χ4n) is 2.94. The Morgan fingerprint density at radius 2 is 1.68 bits per heavy atom. The standard InChI is InChI=1S/C22H26N6/c1-3-14-28(15-4-2)20-12-10-18(11-13-20)16-23-26-22-25-21(17-24-27-22)19-8-6-5-7-9-19/h5-13,16-17H,3-4,14-15H2,1-2H3,(H,25,26,27)/b23-16-. The van der Waals surface area contributed by atoms with E-state index in [0.29, 0.717) is 5.95 Å². The van der Waals surface area contributed by atoms with E-state index in [9.17, 15) is 0 Å². The maximum Gasteiger partial charge on any atom is 0.263 e. The minimum atomic E-state index is 0.367. The van der Waals surface area contributed by atoms with Crippen molar-refractivity contribution in [3.8, 4) is 11.3 Å². The fraction of sp³-hybridized carbons (Fsp3) is 0.273. The van der Waals surface area contributed by atoms with Crippen LogP contribution >= 0.6 is 0 Å². The third-order valence-electron chi connectivity index (χ3n) is 4.25. The van der Waals surface area contributed by atoms with Crippen LogP contribution in [0, 0.1) is 0 Å². The maximum absolute atomic E-state index is 4.45. The van der Waals surface area contributed by atoms with Crippen LogP contribution in [-0.4, -0.2) is 34.5 Å². The Morgan fingerprint density at radius 1 is 0.964 bits per heavy atom. The molecule has 6 nitrogen and oxygen atoms in total. The molecule has 0 spiro atoms. The molecule has 0 radical (unpaired) electrons. The van der Waals surface area contributed by atoms with E-state index in [2.05, 4.69) is 68.7 Å². The summed E-state index contributed by atoms with van der Waals surface area (Å²) < 4.78 is 0. The second-order valence-electron chi connectivity index (χ2n) is 6.48. The van der Waals surface area contributed by atoms with Crippen molar-refractivity contribution in [2.45, 2.75) is 26.7 Å². The molecule has 28 heavy (non-hydrogen) atoms. The van der Waals surface area contributed by atoms with E-state index in [-0.39, 0.29) is 0 Å². The summed E-state index contributed by atoms with van der Waals surface area (Å²) in [6.45, 7) is 6.56. The van der Waals surface area contributed by atoms with E-state index in [1.54, 1.807) is 12.4 Å². The largest absolute Gasteiger partial charge is 0.372 e. The maximum atomic E-state index is 4.45. The summed E-state index contributed by atoms with van der Waals surface area (Å²) in [4.78, 5) is 6.86. The Morgan fingerprint density at radius 3 is 2.36 bits per heavy atom. The SMILES string of the molecule is CCCN(CCC)c1ccc(/C=N\Nc2nncc(-c3ccccc3)n2)cc1. The number of anilines is 2. The van der Waals surface area contributed by atoms with Crippen LogP contribution < -0.4 is 10.3 Å². The van der Waals surface area contributed by atoms with Crippen molar-refractivity contribution in [2.24, 2.45) is 5.10 Å². The molecule has 0 unspecified atom stereocenters. The third kappa shape index (κ3) is 5.36. The quantitative estimate of drug-likeness (QED) is 0.438. The second-order valence-corrected chi connectivity index (χ2v) is 6.48. The van der Waals surface area contributed by atoms with Gasteiger partial charge in [0.1, 0.15) is 0 Å². The Labute approximate surface area is 166 Å². The molecular weight excluding hydrogens is 348 g/mol. The molecule has 0 aliphatic rings. The molecule has 0 fully saturated rings. The summed E-state index contributed by atoms with van der Waals surface area (Å²) in [6, 6.07) is 18.3. The zero-order chi connectivity index (χ0) is 19.6. The molecule has 144 valence electrons. The van der Waals surface area contributed by atoms with Crippen LogP contribution in [0.2, 0.25) is 0 Å². The average Bonchev–Trinajstić information content (AvgIpc) is 2.75. The van der Waals surface area contributed by atoms with E-state index in [4.69, 9.17) is 0 Å². The number of aromatic nitrogens is 3. The molecule has 0 amide bonds. The van der Waals surface area contributed by atoms with Gasteiger partial charge in [0.2, 0.25) is 0 Å². The molecule has 1 N–H and O–H groups in total. The first-order valence-electron chi connectivity index (χ1n) is 9.69. The molecule has 1 aromatic heterocycles. The highest BCUT2D eigenvalue weighted by Crippen LogP contribution is 2.17. The molecule has 0 bridgehead atoms. The Balaban J connectivity index is 1.63. The highest BCUT2D eigenvalue weighted by Gasteiger charge is 2.04. The summed E-state index contributed by atoms with van der Waals surface area (Å²) in [5.74, 6) is 0.367. The van der Waals surface area contributed by atoms with Crippen LogP contribution in [0.3, 0.4) is 0 Å². The first kappa shape index (κ1) is 19.5. The van der Waals surface area contributed by atoms with E-state index in [1.165, 1.54) is 5.69 Å². The summed E-state index contributed by atoms with van der Waals surface area (Å²) >= 11 is 0. The topological polar surface area (TPSA) is 66.3 Å². The zero-order valence-electron chi connectivity index (χ0n) is 16.4. The molecule has 0 atom stereocenters. The van der Waals surface area contributed by atoms with Crippen molar-refractivity contribution >= 4 is 17.9 Å². The lowest BCUT2D eigenvalue weighted by atomic mass is 10.2. The lowest BCUT2D eigenvalue weighted by Gasteiger charge is -2.23. The Kier molecular flexibility index (Phi) is 7.07. The van der Waals surface area contributed by atoms with E-state index < -0.39 is 0 Å². The normalized spacial score (nSPS) is 10.9. The lowest BCUT2D eigenvalue weighted by molar-refractivity contribution is 0.745. The van der Waals surface area contributed by atoms with Crippen molar-refractivity contribution in [2.75, 3.05) is 23.4 Å². The molecular formula is C22H26N6.